The van der Waals surface area contributed by atoms with Gasteiger partial charge < -0.3 is 15.8 Å². The van der Waals surface area contributed by atoms with Gasteiger partial charge in [0.1, 0.15) is 12.3 Å². The highest BCUT2D eigenvalue weighted by Gasteiger charge is 2.13. The fraction of sp³-hybridized carbons (Fsp3) is 0.154. The smallest absolute Gasteiger partial charge is 0.259 e. The Morgan fingerprint density at radius 3 is 2.90 bits per heavy atom. The number of ether oxygens (including phenoxy) is 1. The van der Waals surface area contributed by atoms with Gasteiger partial charge in [-0.3, -0.25) is 14.3 Å². The van der Waals surface area contributed by atoms with E-state index in [1.54, 1.807) is 18.2 Å². The number of rotatable bonds is 5. The van der Waals surface area contributed by atoms with Gasteiger partial charge in [-0.25, -0.2) is 0 Å². The number of primary amides is 1. The first-order chi connectivity index (χ1) is 9.99. The molecule has 2 rings (SSSR count). The van der Waals surface area contributed by atoms with Crippen LogP contribution >= 0.6 is 15.9 Å². The Morgan fingerprint density at radius 2 is 2.24 bits per heavy atom. The number of hydrogen-bond donors (Lipinski definition) is 2. The maximum absolute atomic E-state index is 12.2. The van der Waals surface area contributed by atoms with Crippen LogP contribution < -0.4 is 15.8 Å². The van der Waals surface area contributed by atoms with Gasteiger partial charge in [-0.15, -0.1) is 0 Å². The molecule has 0 unspecified atom stereocenters. The Morgan fingerprint density at radius 1 is 1.48 bits per heavy atom. The summed E-state index contributed by atoms with van der Waals surface area (Å²) in [6.07, 6.45) is 2.96. The van der Waals surface area contributed by atoms with E-state index in [-0.39, 0.29) is 12.5 Å². The van der Waals surface area contributed by atoms with Crippen LogP contribution in [0.1, 0.15) is 10.4 Å². The molecule has 0 radical (unpaired) electrons. The summed E-state index contributed by atoms with van der Waals surface area (Å²) in [7, 11) is 1.49. The van der Waals surface area contributed by atoms with E-state index in [1.165, 1.54) is 24.2 Å². The van der Waals surface area contributed by atoms with Crippen molar-refractivity contribution in [3.63, 3.8) is 0 Å². The van der Waals surface area contributed by atoms with Crippen molar-refractivity contribution in [3.8, 4) is 5.75 Å². The number of halogens is 1. The quantitative estimate of drug-likeness (QED) is 0.849. The van der Waals surface area contributed by atoms with E-state index < -0.39 is 5.91 Å². The fourth-order valence-corrected chi connectivity index (χ4v) is 2.07. The van der Waals surface area contributed by atoms with Crippen LogP contribution in [-0.4, -0.2) is 28.7 Å². The highest BCUT2D eigenvalue weighted by atomic mass is 79.9. The Kier molecular flexibility index (Phi) is 4.59. The summed E-state index contributed by atoms with van der Waals surface area (Å²) in [5, 5.41) is 6.60. The molecule has 0 spiro atoms. The molecule has 0 aliphatic rings. The maximum Gasteiger partial charge on any atom is 0.259 e. The van der Waals surface area contributed by atoms with Gasteiger partial charge >= 0.3 is 0 Å². The molecule has 2 amide bonds. The highest BCUT2D eigenvalue weighted by Crippen LogP contribution is 2.24. The standard InChI is InChI=1S/C13H13BrN4O3/c1-21-11-4-8(14)2-3-10(11)13(20)17-9-5-16-18(6-9)7-12(15)19/h2-6H,7H2,1H3,(H2,15,19)(H,17,20). The van der Waals surface area contributed by atoms with Crippen molar-refractivity contribution in [1.82, 2.24) is 9.78 Å². The molecule has 2 aromatic rings. The molecule has 0 saturated carbocycles. The van der Waals surface area contributed by atoms with Crippen molar-refractivity contribution in [1.29, 1.82) is 0 Å². The second-order valence-corrected chi connectivity index (χ2v) is 5.11. The molecule has 0 fully saturated rings. The van der Waals surface area contributed by atoms with Gasteiger partial charge in [0.25, 0.3) is 5.91 Å². The van der Waals surface area contributed by atoms with Gasteiger partial charge in [-0.05, 0) is 18.2 Å². The van der Waals surface area contributed by atoms with E-state index in [9.17, 15) is 9.59 Å². The van der Waals surface area contributed by atoms with Gasteiger partial charge in [0, 0.05) is 10.7 Å². The summed E-state index contributed by atoms with van der Waals surface area (Å²) in [5.74, 6) is -0.394. The van der Waals surface area contributed by atoms with Crippen LogP contribution in [0.15, 0.2) is 35.1 Å². The third-order valence-electron chi connectivity index (χ3n) is 2.62. The first kappa shape index (κ1) is 15.0. The van der Waals surface area contributed by atoms with Gasteiger partial charge in [-0.1, -0.05) is 15.9 Å². The number of amides is 2. The lowest BCUT2D eigenvalue weighted by Gasteiger charge is -2.08. The van der Waals surface area contributed by atoms with Gasteiger partial charge in [0.15, 0.2) is 0 Å². The number of benzene rings is 1. The predicted octanol–water partition coefficient (Wildman–Crippen LogP) is 1.39. The minimum Gasteiger partial charge on any atom is -0.496 e. The Bertz CT molecular complexity index is 684. The van der Waals surface area contributed by atoms with E-state index in [1.807, 2.05) is 0 Å². The van der Waals surface area contributed by atoms with Crippen molar-refractivity contribution in [2.75, 3.05) is 12.4 Å². The summed E-state index contributed by atoms with van der Waals surface area (Å²) < 4.78 is 7.32. The molecule has 21 heavy (non-hydrogen) atoms. The Balaban J connectivity index is 2.14. The van der Waals surface area contributed by atoms with Crippen LogP contribution in [0.25, 0.3) is 0 Å². The van der Waals surface area contributed by atoms with Gasteiger partial charge in [0.2, 0.25) is 5.91 Å². The minimum atomic E-state index is -0.509. The van der Waals surface area contributed by atoms with Crippen LogP contribution in [0, 0.1) is 0 Å². The molecule has 0 aliphatic heterocycles. The third-order valence-corrected chi connectivity index (χ3v) is 3.11. The van der Waals surface area contributed by atoms with Crippen molar-refractivity contribution in [3.05, 3.63) is 40.6 Å². The molecule has 7 nitrogen and oxygen atoms in total. The highest BCUT2D eigenvalue weighted by molar-refractivity contribution is 9.10. The summed E-state index contributed by atoms with van der Waals surface area (Å²) in [6.45, 7) is -0.0442. The first-order valence-electron chi connectivity index (χ1n) is 5.95. The number of hydrogen-bond acceptors (Lipinski definition) is 4. The van der Waals surface area contributed by atoms with Crippen LogP contribution in [0.4, 0.5) is 5.69 Å². The monoisotopic (exact) mass is 352 g/mol. The summed E-state index contributed by atoms with van der Waals surface area (Å²) in [5.41, 5.74) is 5.93. The zero-order valence-corrected chi connectivity index (χ0v) is 12.8. The summed E-state index contributed by atoms with van der Waals surface area (Å²) >= 11 is 3.31. The lowest BCUT2D eigenvalue weighted by Crippen LogP contribution is -2.18. The number of nitrogens with zero attached hydrogens (tertiary/aromatic N) is 2. The van der Waals surface area contributed by atoms with Crippen LogP contribution in [-0.2, 0) is 11.3 Å². The number of carbonyl (C=O) groups is 2. The summed E-state index contributed by atoms with van der Waals surface area (Å²) in [4.78, 5) is 23.0. The van der Waals surface area contributed by atoms with Gasteiger partial charge in [-0.2, -0.15) is 5.10 Å². The number of aromatic nitrogens is 2. The van der Waals surface area contributed by atoms with Crippen molar-refractivity contribution in [2.24, 2.45) is 5.73 Å². The first-order valence-corrected chi connectivity index (χ1v) is 6.74. The Hall–Kier alpha value is -2.35. The molecule has 3 N–H and O–H groups in total. The largest absolute Gasteiger partial charge is 0.496 e. The number of anilines is 1. The number of nitrogens with one attached hydrogen (secondary N) is 1. The normalized spacial score (nSPS) is 10.2. The Labute approximate surface area is 129 Å². The number of nitrogens with two attached hydrogens (primary N) is 1. The third kappa shape index (κ3) is 3.82. The lowest BCUT2D eigenvalue weighted by atomic mass is 10.2. The number of methoxy groups -OCH3 is 1. The molecule has 0 saturated heterocycles. The second kappa shape index (κ2) is 6.40. The molecule has 1 aromatic heterocycles. The van der Waals surface area contributed by atoms with E-state index in [0.717, 1.165) is 4.47 Å². The molecule has 110 valence electrons. The molecular formula is C13H13BrN4O3. The maximum atomic E-state index is 12.2. The summed E-state index contributed by atoms with van der Waals surface area (Å²) in [6, 6.07) is 5.09. The van der Waals surface area contributed by atoms with Crippen LogP contribution in [0.5, 0.6) is 5.75 Å². The minimum absolute atomic E-state index is 0.0442. The van der Waals surface area contributed by atoms with Crippen LogP contribution in [0.3, 0.4) is 0 Å². The topological polar surface area (TPSA) is 99.2 Å². The van der Waals surface area contributed by atoms with Crippen molar-refractivity contribution >= 4 is 33.4 Å². The van der Waals surface area contributed by atoms with E-state index >= 15 is 0 Å². The van der Waals surface area contributed by atoms with E-state index in [2.05, 4.69) is 26.3 Å². The van der Waals surface area contributed by atoms with Crippen LogP contribution in [0.2, 0.25) is 0 Å². The molecule has 1 aromatic carbocycles. The van der Waals surface area contributed by atoms with E-state index in [4.69, 9.17) is 10.5 Å². The van der Waals surface area contributed by atoms with E-state index in [0.29, 0.717) is 17.0 Å². The zero-order valence-electron chi connectivity index (χ0n) is 11.2. The lowest BCUT2D eigenvalue weighted by molar-refractivity contribution is -0.118. The fourth-order valence-electron chi connectivity index (χ4n) is 1.73. The van der Waals surface area contributed by atoms with Crippen molar-refractivity contribution < 1.29 is 14.3 Å². The van der Waals surface area contributed by atoms with Gasteiger partial charge in [0.05, 0.1) is 24.6 Å². The molecule has 8 heteroatoms. The molecular weight excluding hydrogens is 340 g/mol. The molecule has 0 bridgehead atoms. The van der Waals surface area contributed by atoms with Crippen molar-refractivity contribution in [2.45, 2.75) is 6.54 Å². The average molecular weight is 353 g/mol. The zero-order chi connectivity index (χ0) is 15.4. The second-order valence-electron chi connectivity index (χ2n) is 4.19. The molecule has 0 atom stereocenters. The SMILES string of the molecule is COc1cc(Br)ccc1C(=O)Nc1cnn(CC(N)=O)c1. The molecule has 1 heterocycles. The number of carbonyl (C=O) groups excluding carboxylic acids is 2. The average Bonchev–Trinajstić information content (AvgIpc) is 2.84. The predicted molar refractivity (Wildman–Crippen MR) is 80.1 cm³/mol. The molecule has 0 aliphatic carbocycles.